The molecule has 1 aromatic heterocycles. The summed E-state index contributed by atoms with van der Waals surface area (Å²) in [4.78, 5) is 3.47. The summed E-state index contributed by atoms with van der Waals surface area (Å²) in [5.74, 6) is -0.736. The Balaban J connectivity index is 2.12. The third kappa shape index (κ3) is 2.28. The van der Waals surface area contributed by atoms with Crippen molar-refractivity contribution in [3.8, 4) is 0 Å². The molecule has 0 spiro atoms. The van der Waals surface area contributed by atoms with E-state index in [2.05, 4.69) is 20.5 Å². The van der Waals surface area contributed by atoms with Gasteiger partial charge < -0.3 is 5.32 Å². The van der Waals surface area contributed by atoms with Crippen LogP contribution < -0.4 is 5.32 Å². The van der Waals surface area contributed by atoms with Gasteiger partial charge in [0.2, 0.25) is 0 Å². The fourth-order valence-electron chi connectivity index (χ4n) is 1.67. The maximum Gasteiger partial charge on any atom is 0.453 e. The number of aromatic amines is 1. The molecule has 15 heavy (non-hydrogen) atoms. The number of rotatable bonds is 1. The number of piperidine rings is 1. The van der Waals surface area contributed by atoms with Crippen molar-refractivity contribution in [2.45, 2.75) is 24.9 Å². The molecule has 1 fully saturated rings. The summed E-state index contributed by atoms with van der Waals surface area (Å²) in [7, 11) is 0. The summed E-state index contributed by atoms with van der Waals surface area (Å²) in [5.41, 5.74) is 0. The quantitative estimate of drug-likeness (QED) is 0.749. The number of nitrogens with zero attached hydrogens (tertiary/aromatic N) is 2. The number of alkyl halides is 3. The molecule has 4 nitrogen and oxygen atoms in total. The molecular weight excluding hydrogens is 209 g/mol. The van der Waals surface area contributed by atoms with Gasteiger partial charge in [-0.1, -0.05) is 0 Å². The van der Waals surface area contributed by atoms with Gasteiger partial charge in [0.05, 0.1) is 0 Å². The molecule has 0 saturated carbocycles. The molecule has 0 aromatic carbocycles. The zero-order chi connectivity index (χ0) is 10.9. The van der Waals surface area contributed by atoms with Crippen molar-refractivity contribution in [2.24, 2.45) is 0 Å². The third-order valence-electron chi connectivity index (χ3n) is 2.44. The van der Waals surface area contributed by atoms with Crippen molar-refractivity contribution < 1.29 is 13.2 Å². The maximum atomic E-state index is 12.2. The molecule has 2 heterocycles. The van der Waals surface area contributed by atoms with E-state index in [0.29, 0.717) is 12.4 Å². The lowest BCUT2D eigenvalue weighted by atomic mass is 9.99. The van der Waals surface area contributed by atoms with Crippen molar-refractivity contribution in [1.29, 1.82) is 0 Å². The monoisotopic (exact) mass is 220 g/mol. The van der Waals surface area contributed by atoms with E-state index < -0.39 is 12.0 Å². The molecule has 2 rings (SSSR count). The Hall–Kier alpha value is -1.11. The molecule has 2 N–H and O–H groups in total. The predicted molar refractivity (Wildman–Crippen MR) is 46.2 cm³/mol. The summed E-state index contributed by atoms with van der Waals surface area (Å²) in [6.45, 7) is 1.57. The number of hydrogen-bond donors (Lipinski definition) is 2. The highest BCUT2D eigenvalue weighted by molar-refractivity contribution is 5.02. The topological polar surface area (TPSA) is 53.6 Å². The summed E-state index contributed by atoms with van der Waals surface area (Å²) < 4.78 is 36.6. The first kappa shape index (κ1) is 10.4. The second kappa shape index (κ2) is 3.80. The van der Waals surface area contributed by atoms with Crippen molar-refractivity contribution in [3.63, 3.8) is 0 Å². The molecule has 1 aliphatic rings. The lowest BCUT2D eigenvalue weighted by Crippen LogP contribution is -2.29. The zero-order valence-corrected chi connectivity index (χ0v) is 7.93. The van der Waals surface area contributed by atoms with Crippen LogP contribution in [0.2, 0.25) is 0 Å². The standard InChI is InChI=1S/C8H11F3N4/c9-8(10,11)7-13-6(14-15-7)5-2-1-3-12-4-5/h5,12H,1-4H2,(H,13,14,15). The van der Waals surface area contributed by atoms with Gasteiger partial charge >= 0.3 is 6.18 Å². The van der Waals surface area contributed by atoms with Gasteiger partial charge in [0.15, 0.2) is 0 Å². The van der Waals surface area contributed by atoms with E-state index in [1.807, 2.05) is 0 Å². The Morgan fingerprint density at radius 2 is 2.13 bits per heavy atom. The van der Waals surface area contributed by atoms with E-state index in [1.54, 1.807) is 0 Å². The maximum absolute atomic E-state index is 12.2. The minimum absolute atomic E-state index is 0.0161. The Labute approximate surface area is 84.3 Å². The average molecular weight is 220 g/mol. The van der Waals surface area contributed by atoms with Crippen LogP contribution in [0.15, 0.2) is 0 Å². The Bertz CT molecular complexity index is 327. The Kier molecular flexibility index (Phi) is 2.64. The van der Waals surface area contributed by atoms with Crippen LogP contribution in [0.4, 0.5) is 13.2 Å². The van der Waals surface area contributed by atoms with Gasteiger partial charge in [-0.15, -0.1) is 5.10 Å². The largest absolute Gasteiger partial charge is 0.453 e. The molecule has 0 aliphatic carbocycles. The highest BCUT2D eigenvalue weighted by atomic mass is 19.4. The number of halogens is 3. The molecule has 1 saturated heterocycles. The Morgan fingerprint density at radius 3 is 2.67 bits per heavy atom. The second-order valence-electron chi connectivity index (χ2n) is 3.59. The molecule has 0 radical (unpaired) electrons. The zero-order valence-electron chi connectivity index (χ0n) is 7.93. The number of H-pyrrole nitrogens is 1. The number of nitrogens with one attached hydrogen (secondary N) is 2. The van der Waals surface area contributed by atoms with Crippen LogP contribution in [0.1, 0.15) is 30.4 Å². The fraction of sp³-hybridized carbons (Fsp3) is 0.750. The van der Waals surface area contributed by atoms with Crippen LogP contribution in [0.25, 0.3) is 0 Å². The fourth-order valence-corrected chi connectivity index (χ4v) is 1.67. The highest BCUT2D eigenvalue weighted by Gasteiger charge is 2.36. The van der Waals surface area contributed by atoms with E-state index in [4.69, 9.17) is 0 Å². The van der Waals surface area contributed by atoms with E-state index >= 15 is 0 Å². The SMILES string of the molecule is FC(F)(F)c1n[nH]c(C2CCCNC2)n1. The van der Waals surface area contributed by atoms with Gasteiger partial charge in [0, 0.05) is 12.5 Å². The minimum atomic E-state index is -4.46. The van der Waals surface area contributed by atoms with Crippen LogP contribution in [-0.2, 0) is 6.18 Å². The molecular formula is C8H11F3N4. The number of aromatic nitrogens is 3. The molecule has 1 aliphatic heterocycles. The van der Waals surface area contributed by atoms with Gasteiger partial charge in [-0.25, -0.2) is 4.98 Å². The Morgan fingerprint density at radius 1 is 1.33 bits per heavy atom. The predicted octanol–water partition coefficient (Wildman–Crippen LogP) is 1.29. The van der Waals surface area contributed by atoms with Crippen molar-refractivity contribution in [1.82, 2.24) is 20.5 Å². The van der Waals surface area contributed by atoms with Crippen LogP contribution in [0.5, 0.6) is 0 Å². The molecule has 84 valence electrons. The summed E-state index contributed by atoms with van der Waals surface area (Å²) in [6.07, 6.45) is -2.66. The lowest BCUT2D eigenvalue weighted by Gasteiger charge is -2.20. The average Bonchev–Trinajstić information content (AvgIpc) is 2.67. The van der Waals surface area contributed by atoms with Crippen LogP contribution in [-0.4, -0.2) is 28.3 Å². The second-order valence-corrected chi connectivity index (χ2v) is 3.59. The van der Waals surface area contributed by atoms with Crippen LogP contribution in [0.3, 0.4) is 0 Å². The normalized spacial score (nSPS) is 23.0. The molecule has 1 atom stereocenters. The first-order chi connectivity index (χ1) is 7.07. The van der Waals surface area contributed by atoms with Gasteiger partial charge in [0.25, 0.3) is 5.82 Å². The molecule has 0 bridgehead atoms. The summed E-state index contributed by atoms with van der Waals surface area (Å²) in [6, 6.07) is 0. The van der Waals surface area contributed by atoms with E-state index in [-0.39, 0.29) is 5.92 Å². The summed E-state index contributed by atoms with van der Waals surface area (Å²) in [5, 5.41) is 8.65. The van der Waals surface area contributed by atoms with E-state index in [1.165, 1.54) is 0 Å². The third-order valence-corrected chi connectivity index (χ3v) is 2.44. The van der Waals surface area contributed by atoms with Crippen molar-refractivity contribution >= 4 is 0 Å². The lowest BCUT2D eigenvalue weighted by molar-refractivity contribution is -0.144. The number of hydrogen-bond acceptors (Lipinski definition) is 3. The molecule has 1 unspecified atom stereocenters. The van der Waals surface area contributed by atoms with Gasteiger partial charge in [-0.2, -0.15) is 13.2 Å². The van der Waals surface area contributed by atoms with Crippen molar-refractivity contribution in [3.05, 3.63) is 11.6 Å². The van der Waals surface area contributed by atoms with Crippen LogP contribution in [0, 0.1) is 0 Å². The highest BCUT2D eigenvalue weighted by Crippen LogP contribution is 2.27. The van der Waals surface area contributed by atoms with Crippen LogP contribution >= 0.6 is 0 Å². The molecule has 1 aromatic rings. The minimum Gasteiger partial charge on any atom is -0.316 e. The summed E-state index contributed by atoms with van der Waals surface area (Å²) >= 11 is 0. The van der Waals surface area contributed by atoms with Crippen molar-refractivity contribution in [2.75, 3.05) is 13.1 Å². The molecule has 0 amide bonds. The van der Waals surface area contributed by atoms with Gasteiger partial charge in [0.1, 0.15) is 5.82 Å². The van der Waals surface area contributed by atoms with Gasteiger partial charge in [-0.3, -0.25) is 5.10 Å². The smallest absolute Gasteiger partial charge is 0.316 e. The van der Waals surface area contributed by atoms with Gasteiger partial charge in [-0.05, 0) is 19.4 Å². The van der Waals surface area contributed by atoms with E-state index in [9.17, 15) is 13.2 Å². The van der Waals surface area contributed by atoms with E-state index in [0.717, 1.165) is 19.4 Å². The first-order valence-electron chi connectivity index (χ1n) is 4.77. The molecule has 7 heteroatoms. The first-order valence-corrected chi connectivity index (χ1v) is 4.77.